The highest BCUT2D eigenvalue weighted by molar-refractivity contribution is 5.21. The summed E-state index contributed by atoms with van der Waals surface area (Å²) in [6.45, 7) is 0. The third-order valence-electron chi connectivity index (χ3n) is 2.36. The minimum Gasteiger partial charge on any atom is -0.472 e. The highest BCUT2D eigenvalue weighted by atomic mass is 19.1. The van der Waals surface area contributed by atoms with E-state index in [0.29, 0.717) is 5.56 Å². The van der Waals surface area contributed by atoms with Gasteiger partial charge in [-0.05, 0) is 17.7 Å². The second kappa shape index (κ2) is 4.45. The minimum absolute atomic E-state index is 0.0889. The fourth-order valence-electron chi connectivity index (χ4n) is 1.48. The molecule has 1 N–H and O–H groups in total. The molecule has 0 bridgehead atoms. The Bertz CT molecular complexity index is 466. The largest absolute Gasteiger partial charge is 0.472 e. The van der Waals surface area contributed by atoms with Gasteiger partial charge in [0, 0.05) is 18.1 Å². The summed E-state index contributed by atoms with van der Waals surface area (Å²) in [7, 11) is 0. The Balaban J connectivity index is 2.15. The molecule has 1 aromatic carbocycles. The van der Waals surface area contributed by atoms with E-state index in [0.717, 1.165) is 6.07 Å². The number of benzene rings is 1. The predicted octanol–water partition coefficient (Wildman–Crippen LogP) is 2.83. The maximum absolute atomic E-state index is 13.3. The molecule has 2 rings (SSSR count). The summed E-state index contributed by atoms with van der Waals surface area (Å²) in [6.07, 6.45) is 2.07. The van der Waals surface area contributed by atoms with Crippen LogP contribution in [0.3, 0.4) is 0 Å². The fraction of sp³-hybridized carbons (Fsp3) is 0.167. The molecule has 0 aliphatic rings. The van der Waals surface area contributed by atoms with Crippen molar-refractivity contribution in [3.8, 4) is 0 Å². The van der Waals surface area contributed by atoms with Gasteiger partial charge in [0.05, 0.1) is 18.6 Å². The van der Waals surface area contributed by atoms with Gasteiger partial charge in [-0.3, -0.25) is 0 Å². The number of rotatable bonds is 3. The van der Waals surface area contributed by atoms with Crippen molar-refractivity contribution in [2.24, 2.45) is 0 Å². The average molecular weight is 224 g/mol. The van der Waals surface area contributed by atoms with Crippen LogP contribution in [0.1, 0.15) is 17.2 Å². The molecule has 2 aromatic rings. The highest BCUT2D eigenvalue weighted by Gasteiger charge is 2.12. The normalized spacial score (nSPS) is 12.7. The lowest BCUT2D eigenvalue weighted by atomic mass is 10.0. The molecule has 16 heavy (non-hydrogen) atoms. The Morgan fingerprint density at radius 3 is 2.69 bits per heavy atom. The van der Waals surface area contributed by atoms with E-state index in [9.17, 15) is 13.9 Å². The summed E-state index contributed by atoms with van der Waals surface area (Å²) in [5.74, 6) is -1.28. The van der Waals surface area contributed by atoms with Gasteiger partial charge in [0.25, 0.3) is 0 Å². The van der Waals surface area contributed by atoms with E-state index in [1.807, 2.05) is 0 Å². The van der Waals surface area contributed by atoms with Crippen LogP contribution in [0.25, 0.3) is 0 Å². The van der Waals surface area contributed by atoms with Crippen molar-refractivity contribution in [3.05, 3.63) is 59.6 Å². The second-order valence-corrected chi connectivity index (χ2v) is 3.51. The van der Waals surface area contributed by atoms with Crippen LogP contribution in [-0.4, -0.2) is 5.11 Å². The number of hydrogen-bond donors (Lipinski definition) is 1. The molecular formula is C12H10F2O2. The summed E-state index contributed by atoms with van der Waals surface area (Å²) in [4.78, 5) is 0. The lowest BCUT2D eigenvalue weighted by molar-refractivity contribution is 0.176. The van der Waals surface area contributed by atoms with Gasteiger partial charge < -0.3 is 9.52 Å². The third-order valence-corrected chi connectivity index (χ3v) is 2.36. The van der Waals surface area contributed by atoms with Gasteiger partial charge >= 0.3 is 0 Å². The molecular weight excluding hydrogens is 214 g/mol. The molecule has 2 nitrogen and oxygen atoms in total. The molecule has 1 unspecified atom stereocenters. The zero-order chi connectivity index (χ0) is 11.5. The molecule has 0 aliphatic heterocycles. The van der Waals surface area contributed by atoms with E-state index in [4.69, 9.17) is 4.42 Å². The summed E-state index contributed by atoms with van der Waals surface area (Å²) in [6, 6.07) is 4.90. The Labute approximate surface area is 91.1 Å². The minimum atomic E-state index is -0.848. The molecule has 1 heterocycles. The smallest absolute Gasteiger partial charge is 0.129 e. The van der Waals surface area contributed by atoms with Crippen molar-refractivity contribution in [1.29, 1.82) is 0 Å². The maximum atomic E-state index is 13.3. The van der Waals surface area contributed by atoms with Crippen LogP contribution < -0.4 is 0 Å². The van der Waals surface area contributed by atoms with Crippen LogP contribution in [-0.2, 0) is 6.42 Å². The van der Waals surface area contributed by atoms with Gasteiger partial charge in [-0.1, -0.05) is 6.07 Å². The average Bonchev–Trinajstić information content (AvgIpc) is 2.75. The first kappa shape index (κ1) is 10.8. The van der Waals surface area contributed by atoms with Crippen LogP contribution in [0.2, 0.25) is 0 Å². The molecule has 84 valence electrons. The summed E-state index contributed by atoms with van der Waals surface area (Å²) in [5.41, 5.74) is 0.846. The zero-order valence-electron chi connectivity index (χ0n) is 8.36. The van der Waals surface area contributed by atoms with E-state index < -0.39 is 17.7 Å². The molecule has 0 radical (unpaired) electrons. The number of furan rings is 1. The van der Waals surface area contributed by atoms with Gasteiger partial charge in [0.15, 0.2) is 0 Å². The summed E-state index contributed by atoms with van der Waals surface area (Å²) >= 11 is 0. The van der Waals surface area contributed by atoms with Crippen LogP contribution in [0, 0.1) is 11.6 Å². The SMILES string of the molecule is OC(Cc1ccc(F)cc1F)c1ccoc1. The highest BCUT2D eigenvalue weighted by Crippen LogP contribution is 2.20. The maximum Gasteiger partial charge on any atom is 0.129 e. The molecule has 1 atom stereocenters. The van der Waals surface area contributed by atoms with Crippen LogP contribution in [0.15, 0.2) is 41.2 Å². The Morgan fingerprint density at radius 2 is 2.06 bits per heavy atom. The Hall–Kier alpha value is -1.68. The molecule has 0 amide bonds. The van der Waals surface area contributed by atoms with E-state index in [1.54, 1.807) is 6.07 Å². The molecule has 0 spiro atoms. The summed E-state index contributed by atoms with van der Waals surface area (Å²) in [5, 5.41) is 9.74. The van der Waals surface area contributed by atoms with Crippen LogP contribution >= 0.6 is 0 Å². The zero-order valence-corrected chi connectivity index (χ0v) is 8.36. The number of aliphatic hydroxyl groups excluding tert-OH is 1. The van der Waals surface area contributed by atoms with Crippen molar-refractivity contribution in [3.63, 3.8) is 0 Å². The fourth-order valence-corrected chi connectivity index (χ4v) is 1.48. The third kappa shape index (κ3) is 2.28. The first-order valence-electron chi connectivity index (χ1n) is 4.81. The molecule has 0 fully saturated rings. The van der Waals surface area contributed by atoms with Crippen molar-refractivity contribution < 1.29 is 18.3 Å². The summed E-state index contributed by atoms with van der Waals surface area (Å²) < 4.78 is 30.7. The second-order valence-electron chi connectivity index (χ2n) is 3.51. The molecule has 4 heteroatoms. The monoisotopic (exact) mass is 224 g/mol. The van der Waals surface area contributed by atoms with Crippen molar-refractivity contribution in [2.45, 2.75) is 12.5 Å². The van der Waals surface area contributed by atoms with Crippen LogP contribution in [0.5, 0.6) is 0 Å². The van der Waals surface area contributed by atoms with Crippen molar-refractivity contribution in [2.75, 3.05) is 0 Å². The van der Waals surface area contributed by atoms with E-state index in [2.05, 4.69) is 0 Å². The standard InChI is InChI=1S/C12H10F2O2/c13-10-2-1-8(11(14)6-10)5-12(15)9-3-4-16-7-9/h1-4,6-7,12,15H,5H2. The lowest BCUT2D eigenvalue weighted by Gasteiger charge is -2.09. The molecule has 0 saturated heterocycles. The molecule has 1 aromatic heterocycles. The van der Waals surface area contributed by atoms with E-state index in [-0.39, 0.29) is 12.0 Å². The molecule has 0 saturated carbocycles. The van der Waals surface area contributed by atoms with Crippen molar-refractivity contribution >= 4 is 0 Å². The quantitative estimate of drug-likeness (QED) is 0.869. The number of aliphatic hydroxyl groups is 1. The topological polar surface area (TPSA) is 33.4 Å². The van der Waals surface area contributed by atoms with Gasteiger partial charge in [0.1, 0.15) is 11.6 Å². The number of hydrogen-bond acceptors (Lipinski definition) is 2. The first-order valence-corrected chi connectivity index (χ1v) is 4.81. The van der Waals surface area contributed by atoms with Crippen LogP contribution in [0.4, 0.5) is 8.78 Å². The Kier molecular flexibility index (Phi) is 3.01. The number of halogens is 2. The lowest BCUT2D eigenvalue weighted by Crippen LogP contribution is -2.02. The van der Waals surface area contributed by atoms with E-state index >= 15 is 0 Å². The van der Waals surface area contributed by atoms with Crippen molar-refractivity contribution in [1.82, 2.24) is 0 Å². The van der Waals surface area contributed by atoms with Gasteiger partial charge in [-0.15, -0.1) is 0 Å². The predicted molar refractivity (Wildman–Crippen MR) is 53.7 cm³/mol. The first-order chi connectivity index (χ1) is 7.66. The van der Waals surface area contributed by atoms with Gasteiger partial charge in [0.2, 0.25) is 0 Å². The Morgan fingerprint density at radius 1 is 1.25 bits per heavy atom. The van der Waals surface area contributed by atoms with E-state index in [1.165, 1.54) is 24.7 Å². The van der Waals surface area contributed by atoms with Gasteiger partial charge in [-0.25, -0.2) is 8.78 Å². The molecule has 0 aliphatic carbocycles. The van der Waals surface area contributed by atoms with Gasteiger partial charge in [-0.2, -0.15) is 0 Å².